The van der Waals surface area contributed by atoms with Crippen LogP contribution in [0.3, 0.4) is 0 Å². The molecule has 0 aromatic heterocycles. The van der Waals surface area contributed by atoms with Gasteiger partial charge < -0.3 is 9.47 Å². The van der Waals surface area contributed by atoms with Gasteiger partial charge in [0.1, 0.15) is 16.3 Å². The summed E-state index contributed by atoms with van der Waals surface area (Å²) < 4.78 is 13.8. The standard InChI is InChI=1S/C18H11Br5O2/c19-13-15(24-11-7-3-1-4-8-11)14(20)17(22)18(23,16(13)21)25-12-9-5-2-6-10-12/h1-10,16H. The Balaban J connectivity index is 1.96. The first kappa shape index (κ1) is 19.7. The van der Waals surface area contributed by atoms with E-state index in [4.69, 9.17) is 9.47 Å². The molecule has 0 N–H and O–H groups in total. The van der Waals surface area contributed by atoms with Crippen LogP contribution in [0.1, 0.15) is 0 Å². The van der Waals surface area contributed by atoms with Crippen LogP contribution in [0.2, 0.25) is 0 Å². The zero-order valence-electron chi connectivity index (χ0n) is 12.6. The summed E-state index contributed by atoms with van der Waals surface area (Å²) in [7, 11) is 0. The van der Waals surface area contributed by atoms with Crippen molar-refractivity contribution in [1.29, 1.82) is 0 Å². The SMILES string of the molecule is BrC1=C(Br)C(Br)(Oc2ccccc2)C(Br)C(Br)=C1Oc1ccccc1. The number of benzene rings is 2. The van der Waals surface area contributed by atoms with E-state index in [1.54, 1.807) is 0 Å². The predicted molar refractivity (Wildman–Crippen MR) is 119 cm³/mol. The van der Waals surface area contributed by atoms with E-state index in [0.717, 1.165) is 24.9 Å². The predicted octanol–water partition coefficient (Wildman–Crippen LogP) is 7.62. The van der Waals surface area contributed by atoms with Crippen LogP contribution < -0.4 is 9.47 Å². The van der Waals surface area contributed by atoms with Gasteiger partial charge in [-0.2, -0.15) is 0 Å². The number of allylic oxidation sites excluding steroid dienone is 1. The molecule has 0 spiro atoms. The van der Waals surface area contributed by atoms with E-state index >= 15 is 0 Å². The van der Waals surface area contributed by atoms with Crippen molar-refractivity contribution in [3.05, 3.63) is 79.9 Å². The monoisotopic (exact) mass is 654 g/mol. The summed E-state index contributed by atoms with van der Waals surface area (Å²) in [5, 5.41) is 0. The third-order valence-electron chi connectivity index (χ3n) is 3.43. The Morgan fingerprint density at radius 1 is 0.800 bits per heavy atom. The second-order valence-corrected chi connectivity index (χ2v) is 9.68. The van der Waals surface area contributed by atoms with Crippen LogP contribution in [0.25, 0.3) is 0 Å². The van der Waals surface area contributed by atoms with Crippen molar-refractivity contribution in [3.8, 4) is 11.5 Å². The molecule has 1 aliphatic rings. The Morgan fingerprint density at radius 2 is 1.32 bits per heavy atom. The smallest absolute Gasteiger partial charge is 0.213 e. The molecule has 2 aromatic carbocycles. The molecule has 2 nitrogen and oxygen atoms in total. The van der Waals surface area contributed by atoms with Gasteiger partial charge in [0.15, 0.2) is 5.76 Å². The number of hydrogen-bond acceptors (Lipinski definition) is 2. The molecule has 0 bridgehead atoms. The minimum atomic E-state index is -0.838. The highest BCUT2D eigenvalue weighted by Gasteiger charge is 2.48. The van der Waals surface area contributed by atoms with E-state index in [1.165, 1.54) is 0 Å². The molecule has 25 heavy (non-hydrogen) atoms. The van der Waals surface area contributed by atoms with Crippen LogP contribution in [-0.2, 0) is 0 Å². The minimum absolute atomic E-state index is 0.227. The fraction of sp³-hybridized carbons (Fsp3) is 0.111. The third-order valence-corrected chi connectivity index (χ3v) is 10.4. The van der Waals surface area contributed by atoms with Gasteiger partial charge in [-0.1, -0.05) is 68.3 Å². The summed E-state index contributed by atoms with van der Waals surface area (Å²) in [4.78, 5) is -0.227. The molecule has 2 aromatic rings. The number of para-hydroxylation sites is 2. The second-order valence-electron chi connectivity index (χ2n) is 5.14. The third kappa shape index (κ3) is 4.10. The van der Waals surface area contributed by atoms with Crippen molar-refractivity contribution in [2.75, 3.05) is 0 Å². The number of hydrogen-bond donors (Lipinski definition) is 0. The molecule has 1 aliphatic carbocycles. The van der Waals surface area contributed by atoms with Gasteiger partial charge in [-0.25, -0.2) is 0 Å². The molecule has 2 unspecified atom stereocenters. The zero-order valence-corrected chi connectivity index (χ0v) is 20.5. The van der Waals surface area contributed by atoms with Gasteiger partial charge in [0, 0.05) is 0 Å². The summed E-state index contributed by atoms with van der Waals surface area (Å²) in [5.41, 5.74) is 0. The van der Waals surface area contributed by atoms with E-state index < -0.39 is 4.51 Å². The summed E-state index contributed by atoms with van der Waals surface area (Å²) >= 11 is 18.4. The largest absolute Gasteiger partial charge is 0.469 e. The lowest BCUT2D eigenvalue weighted by Gasteiger charge is -2.37. The molecule has 0 radical (unpaired) electrons. The molecule has 0 fully saturated rings. The molecular formula is C18H11Br5O2. The average Bonchev–Trinajstić information content (AvgIpc) is 2.64. The van der Waals surface area contributed by atoms with Crippen molar-refractivity contribution >= 4 is 79.6 Å². The molecule has 0 saturated carbocycles. The average molecular weight is 659 g/mol. The van der Waals surface area contributed by atoms with Gasteiger partial charge in [-0.15, -0.1) is 0 Å². The normalized spacial score (nSPS) is 23.6. The lowest BCUT2D eigenvalue weighted by Crippen LogP contribution is -2.42. The quantitative estimate of drug-likeness (QED) is 0.315. The van der Waals surface area contributed by atoms with Gasteiger partial charge in [0.2, 0.25) is 4.51 Å². The Hall–Kier alpha value is -0.0800. The Morgan fingerprint density at radius 3 is 1.88 bits per heavy atom. The fourth-order valence-corrected chi connectivity index (χ4v) is 6.17. The van der Waals surface area contributed by atoms with Gasteiger partial charge in [0.05, 0.1) is 13.4 Å². The molecule has 3 rings (SSSR count). The molecule has 0 saturated heterocycles. The van der Waals surface area contributed by atoms with Crippen LogP contribution >= 0.6 is 79.6 Å². The van der Waals surface area contributed by atoms with Gasteiger partial charge >= 0.3 is 0 Å². The number of halogens is 5. The Bertz CT molecular complexity index is 820. The summed E-state index contributed by atoms with van der Waals surface area (Å²) in [6, 6.07) is 19.2. The first-order valence-corrected chi connectivity index (χ1v) is 11.3. The molecule has 130 valence electrons. The van der Waals surface area contributed by atoms with Crippen molar-refractivity contribution in [1.82, 2.24) is 0 Å². The van der Waals surface area contributed by atoms with Gasteiger partial charge in [-0.05, 0) is 72.1 Å². The van der Waals surface area contributed by atoms with Crippen molar-refractivity contribution < 1.29 is 9.47 Å². The van der Waals surface area contributed by atoms with E-state index in [-0.39, 0.29) is 4.83 Å². The highest BCUT2D eigenvalue weighted by molar-refractivity contribution is 9.16. The lowest BCUT2D eigenvalue weighted by molar-refractivity contribution is 0.224. The Labute approximate surface area is 188 Å². The van der Waals surface area contributed by atoms with E-state index in [2.05, 4.69) is 79.6 Å². The van der Waals surface area contributed by atoms with Crippen LogP contribution in [0, 0.1) is 0 Å². The summed E-state index contributed by atoms with van der Waals surface area (Å²) in [6.07, 6.45) is 0. The topological polar surface area (TPSA) is 18.5 Å². The van der Waals surface area contributed by atoms with Crippen molar-refractivity contribution in [3.63, 3.8) is 0 Å². The van der Waals surface area contributed by atoms with Crippen molar-refractivity contribution in [2.45, 2.75) is 9.34 Å². The summed E-state index contributed by atoms with van der Waals surface area (Å²) in [6.45, 7) is 0. The first-order chi connectivity index (χ1) is 11.9. The number of ether oxygens (including phenoxy) is 2. The highest BCUT2D eigenvalue weighted by atomic mass is 79.9. The molecule has 2 atom stereocenters. The fourth-order valence-electron chi connectivity index (χ4n) is 2.20. The van der Waals surface area contributed by atoms with E-state index in [1.807, 2.05) is 60.7 Å². The lowest BCUT2D eigenvalue weighted by atomic mass is 10.1. The molecule has 0 amide bonds. The molecular weight excluding hydrogens is 648 g/mol. The van der Waals surface area contributed by atoms with Crippen molar-refractivity contribution in [2.24, 2.45) is 0 Å². The van der Waals surface area contributed by atoms with Crippen LogP contribution in [0.15, 0.2) is 79.9 Å². The van der Waals surface area contributed by atoms with Crippen LogP contribution in [0.4, 0.5) is 0 Å². The zero-order chi connectivity index (χ0) is 18.0. The maximum absolute atomic E-state index is 6.22. The maximum atomic E-state index is 6.22. The highest BCUT2D eigenvalue weighted by Crippen LogP contribution is 2.53. The van der Waals surface area contributed by atoms with Gasteiger partial charge in [0.25, 0.3) is 0 Å². The minimum Gasteiger partial charge on any atom is -0.469 e. The van der Waals surface area contributed by atoms with Crippen LogP contribution in [0.5, 0.6) is 11.5 Å². The second kappa shape index (κ2) is 8.30. The van der Waals surface area contributed by atoms with Crippen LogP contribution in [-0.4, -0.2) is 9.34 Å². The molecule has 0 aliphatic heterocycles. The number of rotatable bonds is 4. The van der Waals surface area contributed by atoms with Gasteiger partial charge in [-0.3, -0.25) is 0 Å². The first-order valence-electron chi connectivity index (χ1n) is 7.19. The Kier molecular flexibility index (Phi) is 6.53. The molecule has 7 heteroatoms. The summed E-state index contributed by atoms with van der Waals surface area (Å²) in [5.74, 6) is 2.16. The number of alkyl halides is 2. The van der Waals surface area contributed by atoms with E-state index in [9.17, 15) is 0 Å². The van der Waals surface area contributed by atoms with E-state index in [0.29, 0.717) is 5.76 Å². The maximum Gasteiger partial charge on any atom is 0.213 e. The molecule has 0 heterocycles.